The highest BCUT2D eigenvalue weighted by Gasteiger charge is 2.23. The van der Waals surface area contributed by atoms with Crippen LogP contribution in [-0.4, -0.2) is 27.9 Å². The zero-order valence-corrected chi connectivity index (χ0v) is 12.7. The molecule has 0 saturated carbocycles. The van der Waals surface area contributed by atoms with Gasteiger partial charge in [-0.15, -0.1) is 0 Å². The van der Waals surface area contributed by atoms with Crippen LogP contribution >= 0.6 is 0 Å². The zero-order valence-electron chi connectivity index (χ0n) is 12.7. The number of carbonyl (C=O) groups is 2. The van der Waals surface area contributed by atoms with Crippen molar-refractivity contribution in [3.63, 3.8) is 0 Å². The maximum atomic E-state index is 12.2. The third-order valence-corrected chi connectivity index (χ3v) is 3.87. The summed E-state index contributed by atoms with van der Waals surface area (Å²) in [4.78, 5) is 29.7. The van der Waals surface area contributed by atoms with Crippen molar-refractivity contribution in [2.75, 3.05) is 16.8 Å². The number of aromatic nitrogens is 2. The van der Waals surface area contributed by atoms with Gasteiger partial charge in [0.05, 0.1) is 12.5 Å². The topological polar surface area (TPSA) is 67.2 Å². The highest BCUT2D eigenvalue weighted by atomic mass is 16.2. The van der Waals surface area contributed by atoms with Crippen molar-refractivity contribution in [1.82, 2.24) is 9.55 Å². The number of nitrogens with one attached hydrogen (secondary N) is 1. The van der Waals surface area contributed by atoms with Crippen LogP contribution in [0.2, 0.25) is 0 Å². The van der Waals surface area contributed by atoms with Gasteiger partial charge in [0.1, 0.15) is 5.69 Å². The van der Waals surface area contributed by atoms with Gasteiger partial charge in [-0.3, -0.25) is 9.59 Å². The summed E-state index contributed by atoms with van der Waals surface area (Å²) < 4.78 is 1.67. The van der Waals surface area contributed by atoms with Crippen LogP contribution < -0.4 is 10.2 Å². The maximum Gasteiger partial charge on any atom is 0.273 e. The number of anilines is 2. The van der Waals surface area contributed by atoms with Gasteiger partial charge in [-0.1, -0.05) is 0 Å². The van der Waals surface area contributed by atoms with Gasteiger partial charge >= 0.3 is 0 Å². The average molecular weight is 298 g/mol. The Balaban J connectivity index is 1.79. The summed E-state index contributed by atoms with van der Waals surface area (Å²) in [5, 5.41) is 2.85. The van der Waals surface area contributed by atoms with Gasteiger partial charge in [0, 0.05) is 31.4 Å². The van der Waals surface area contributed by atoms with E-state index in [1.54, 1.807) is 17.9 Å². The Morgan fingerprint density at radius 1 is 1.36 bits per heavy atom. The summed E-state index contributed by atoms with van der Waals surface area (Å²) >= 11 is 0. The highest BCUT2D eigenvalue weighted by Crippen LogP contribution is 2.27. The molecule has 1 fully saturated rings. The number of hydrogen-bond donors (Lipinski definition) is 1. The fourth-order valence-electron chi connectivity index (χ4n) is 2.71. The van der Waals surface area contributed by atoms with Gasteiger partial charge in [0.15, 0.2) is 0 Å². The van der Waals surface area contributed by atoms with E-state index in [1.165, 1.54) is 6.20 Å². The number of rotatable bonds is 3. The molecule has 1 saturated heterocycles. The molecule has 1 aromatic heterocycles. The Morgan fingerprint density at radius 3 is 2.77 bits per heavy atom. The molecule has 0 bridgehead atoms. The molecule has 1 aromatic carbocycles. The molecule has 0 aliphatic carbocycles. The number of aryl methyl sites for hydroxylation is 2. The van der Waals surface area contributed by atoms with Crippen LogP contribution in [0.4, 0.5) is 11.4 Å². The SMILES string of the molecule is Cc1cc(NC(=O)c2cncn2C)ccc1N1CCCC1=O. The molecule has 2 heterocycles. The normalized spacial score (nSPS) is 14.5. The van der Waals surface area contributed by atoms with E-state index in [0.717, 1.165) is 24.2 Å². The summed E-state index contributed by atoms with van der Waals surface area (Å²) in [6, 6.07) is 5.59. The molecular formula is C16H18N4O2. The number of amides is 2. The first kappa shape index (κ1) is 14.3. The molecule has 1 aliphatic rings. The highest BCUT2D eigenvalue weighted by molar-refractivity contribution is 6.03. The van der Waals surface area contributed by atoms with E-state index >= 15 is 0 Å². The lowest BCUT2D eigenvalue weighted by molar-refractivity contribution is -0.117. The van der Waals surface area contributed by atoms with E-state index in [1.807, 2.05) is 30.0 Å². The van der Waals surface area contributed by atoms with Crippen molar-refractivity contribution in [3.05, 3.63) is 42.0 Å². The largest absolute Gasteiger partial charge is 0.330 e. The van der Waals surface area contributed by atoms with Gasteiger partial charge < -0.3 is 14.8 Å². The second-order valence-electron chi connectivity index (χ2n) is 5.49. The molecule has 2 aromatic rings. The van der Waals surface area contributed by atoms with E-state index < -0.39 is 0 Å². The van der Waals surface area contributed by atoms with Crippen LogP contribution in [0.1, 0.15) is 28.9 Å². The van der Waals surface area contributed by atoms with Crippen molar-refractivity contribution < 1.29 is 9.59 Å². The predicted molar refractivity (Wildman–Crippen MR) is 83.9 cm³/mol. The lowest BCUT2D eigenvalue weighted by Crippen LogP contribution is -2.24. The molecule has 0 radical (unpaired) electrons. The van der Waals surface area contributed by atoms with Crippen LogP contribution in [0.5, 0.6) is 0 Å². The quantitative estimate of drug-likeness (QED) is 0.943. The summed E-state index contributed by atoms with van der Waals surface area (Å²) in [5.74, 6) is -0.0424. The molecular weight excluding hydrogens is 280 g/mol. The van der Waals surface area contributed by atoms with Crippen LogP contribution in [0.15, 0.2) is 30.7 Å². The minimum Gasteiger partial charge on any atom is -0.330 e. The zero-order chi connectivity index (χ0) is 15.7. The van der Waals surface area contributed by atoms with Crippen molar-refractivity contribution in [2.45, 2.75) is 19.8 Å². The molecule has 0 unspecified atom stereocenters. The van der Waals surface area contributed by atoms with Crippen molar-refractivity contribution in [2.24, 2.45) is 7.05 Å². The van der Waals surface area contributed by atoms with Crippen LogP contribution in [0.3, 0.4) is 0 Å². The van der Waals surface area contributed by atoms with Gasteiger partial charge in [-0.05, 0) is 37.1 Å². The number of carbonyl (C=O) groups excluding carboxylic acids is 2. The number of imidazole rings is 1. The lowest BCUT2D eigenvalue weighted by Gasteiger charge is -2.19. The molecule has 0 spiro atoms. The van der Waals surface area contributed by atoms with E-state index in [4.69, 9.17) is 0 Å². The third kappa shape index (κ3) is 2.59. The van der Waals surface area contributed by atoms with Crippen molar-refractivity contribution in [3.8, 4) is 0 Å². The number of hydrogen-bond acceptors (Lipinski definition) is 3. The Morgan fingerprint density at radius 2 is 2.18 bits per heavy atom. The minimum absolute atomic E-state index is 0.162. The first-order valence-electron chi connectivity index (χ1n) is 7.25. The standard InChI is InChI=1S/C16H18N4O2/c1-11-8-12(18-16(22)14-9-17-10-19(14)2)5-6-13(11)20-7-3-4-15(20)21/h5-6,8-10H,3-4,7H2,1-2H3,(H,18,22). The van der Waals surface area contributed by atoms with Crippen molar-refractivity contribution in [1.29, 1.82) is 0 Å². The molecule has 22 heavy (non-hydrogen) atoms. The van der Waals surface area contributed by atoms with Crippen LogP contribution in [0.25, 0.3) is 0 Å². The molecule has 2 amide bonds. The molecule has 6 nitrogen and oxygen atoms in total. The van der Waals surface area contributed by atoms with Gasteiger partial charge in [0.2, 0.25) is 5.91 Å². The first-order valence-corrected chi connectivity index (χ1v) is 7.25. The number of nitrogens with zero attached hydrogens (tertiary/aromatic N) is 3. The summed E-state index contributed by atoms with van der Waals surface area (Å²) in [5.41, 5.74) is 3.09. The monoisotopic (exact) mass is 298 g/mol. The predicted octanol–water partition coefficient (Wildman–Crippen LogP) is 2.11. The molecule has 1 aliphatic heterocycles. The molecule has 0 atom stereocenters. The third-order valence-electron chi connectivity index (χ3n) is 3.87. The Hall–Kier alpha value is -2.63. The molecule has 3 rings (SSSR count). The second-order valence-corrected chi connectivity index (χ2v) is 5.49. The van der Waals surface area contributed by atoms with Crippen LogP contribution in [0, 0.1) is 6.92 Å². The molecule has 114 valence electrons. The van der Waals surface area contributed by atoms with E-state index in [-0.39, 0.29) is 11.8 Å². The summed E-state index contributed by atoms with van der Waals surface area (Å²) in [7, 11) is 1.77. The smallest absolute Gasteiger partial charge is 0.273 e. The Kier molecular flexibility index (Phi) is 3.66. The second kappa shape index (κ2) is 5.63. The minimum atomic E-state index is -0.204. The van der Waals surface area contributed by atoms with E-state index in [9.17, 15) is 9.59 Å². The van der Waals surface area contributed by atoms with Gasteiger partial charge in [0.25, 0.3) is 5.91 Å². The summed E-state index contributed by atoms with van der Waals surface area (Å²) in [6.45, 7) is 2.71. The molecule has 1 N–H and O–H groups in total. The van der Waals surface area contributed by atoms with Crippen molar-refractivity contribution >= 4 is 23.2 Å². The fraction of sp³-hybridized carbons (Fsp3) is 0.312. The number of benzene rings is 1. The Labute approximate surface area is 128 Å². The van der Waals surface area contributed by atoms with Crippen LogP contribution in [-0.2, 0) is 11.8 Å². The van der Waals surface area contributed by atoms with Gasteiger partial charge in [-0.25, -0.2) is 4.98 Å². The Bertz CT molecular complexity index is 735. The molecule has 6 heteroatoms. The lowest BCUT2D eigenvalue weighted by atomic mass is 10.1. The summed E-state index contributed by atoms with van der Waals surface area (Å²) in [6.07, 6.45) is 4.62. The van der Waals surface area contributed by atoms with Gasteiger partial charge in [-0.2, -0.15) is 0 Å². The average Bonchev–Trinajstić information content (AvgIpc) is 3.08. The maximum absolute atomic E-state index is 12.2. The van der Waals surface area contributed by atoms with E-state index in [2.05, 4.69) is 10.3 Å². The fourth-order valence-corrected chi connectivity index (χ4v) is 2.71. The van der Waals surface area contributed by atoms with E-state index in [0.29, 0.717) is 17.8 Å². The first-order chi connectivity index (χ1) is 10.6.